The van der Waals surface area contributed by atoms with Gasteiger partial charge >= 0.3 is 0 Å². The smallest absolute Gasteiger partial charge is 0.242 e. The number of furan rings is 1. The van der Waals surface area contributed by atoms with Crippen LogP contribution >= 0.6 is 0 Å². The van der Waals surface area contributed by atoms with Gasteiger partial charge in [-0.2, -0.15) is 5.10 Å². The quantitative estimate of drug-likeness (QED) is 0.786. The van der Waals surface area contributed by atoms with Crippen LogP contribution in [-0.2, 0) is 11.3 Å². The molecule has 1 aromatic carbocycles. The summed E-state index contributed by atoms with van der Waals surface area (Å²) in [5.41, 5.74) is 0.819. The standard InChI is InChI=1S/C14H14N4O2/c1-10(17-14(19)7-18-9-15-8-16-18)13-6-11-4-2-3-5-12(11)20-13/h2-6,8-10H,7H2,1H3,(H,17,19)/t10-/m0/s1. The van der Waals surface area contributed by atoms with Crippen molar-refractivity contribution < 1.29 is 9.21 Å². The van der Waals surface area contributed by atoms with Crippen LogP contribution in [0.4, 0.5) is 0 Å². The van der Waals surface area contributed by atoms with Crippen LogP contribution in [-0.4, -0.2) is 20.7 Å². The van der Waals surface area contributed by atoms with E-state index in [2.05, 4.69) is 15.4 Å². The number of nitrogens with zero attached hydrogens (tertiary/aromatic N) is 3. The second-order valence-electron chi connectivity index (χ2n) is 4.57. The van der Waals surface area contributed by atoms with Gasteiger partial charge in [0.15, 0.2) is 0 Å². The van der Waals surface area contributed by atoms with Crippen LogP contribution in [0.3, 0.4) is 0 Å². The highest BCUT2D eigenvalue weighted by Gasteiger charge is 2.14. The molecule has 2 heterocycles. The fourth-order valence-corrected chi connectivity index (χ4v) is 2.04. The molecule has 0 aliphatic heterocycles. The number of aromatic nitrogens is 3. The van der Waals surface area contributed by atoms with Crippen molar-refractivity contribution in [2.24, 2.45) is 0 Å². The molecule has 0 spiro atoms. The highest BCUT2D eigenvalue weighted by molar-refractivity contribution is 5.79. The number of hydrogen-bond acceptors (Lipinski definition) is 4. The first-order valence-corrected chi connectivity index (χ1v) is 6.32. The van der Waals surface area contributed by atoms with Crippen molar-refractivity contribution in [3.63, 3.8) is 0 Å². The van der Waals surface area contributed by atoms with E-state index < -0.39 is 0 Å². The summed E-state index contributed by atoms with van der Waals surface area (Å²) in [5, 5.41) is 7.79. The molecule has 102 valence electrons. The SMILES string of the molecule is C[C@H](NC(=O)Cn1cncn1)c1cc2ccccc2o1. The van der Waals surface area contributed by atoms with Crippen LogP contribution in [0.1, 0.15) is 18.7 Å². The third-order valence-electron chi connectivity index (χ3n) is 3.02. The molecule has 0 bridgehead atoms. The molecule has 0 unspecified atom stereocenters. The van der Waals surface area contributed by atoms with Crippen molar-refractivity contribution in [1.82, 2.24) is 20.1 Å². The number of amides is 1. The molecule has 3 rings (SSSR count). The van der Waals surface area contributed by atoms with E-state index >= 15 is 0 Å². The summed E-state index contributed by atoms with van der Waals surface area (Å²) < 4.78 is 7.19. The van der Waals surface area contributed by atoms with Crippen molar-refractivity contribution in [1.29, 1.82) is 0 Å². The summed E-state index contributed by atoms with van der Waals surface area (Å²) >= 11 is 0. The number of nitrogens with one attached hydrogen (secondary N) is 1. The van der Waals surface area contributed by atoms with Gasteiger partial charge in [-0.05, 0) is 19.1 Å². The van der Waals surface area contributed by atoms with Crippen molar-refractivity contribution in [2.75, 3.05) is 0 Å². The van der Waals surface area contributed by atoms with Crippen LogP contribution in [0.15, 0.2) is 47.4 Å². The van der Waals surface area contributed by atoms with Crippen LogP contribution in [0.2, 0.25) is 0 Å². The van der Waals surface area contributed by atoms with E-state index in [1.165, 1.54) is 17.3 Å². The average molecular weight is 270 g/mol. The molecule has 1 N–H and O–H groups in total. The van der Waals surface area contributed by atoms with Crippen molar-refractivity contribution >= 4 is 16.9 Å². The number of fused-ring (bicyclic) bond motifs is 1. The van der Waals surface area contributed by atoms with Gasteiger partial charge in [-0.1, -0.05) is 18.2 Å². The molecule has 1 amide bonds. The minimum Gasteiger partial charge on any atom is -0.459 e. The zero-order valence-corrected chi connectivity index (χ0v) is 11.0. The second kappa shape index (κ2) is 5.16. The summed E-state index contributed by atoms with van der Waals surface area (Å²) in [4.78, 5) is 15.7. The summed E-state index contributed by atoms with van der Waals surface area (Å²) in [6.07, 6.45) is 2.90. The lowest BCUT2D eigenvalue weighted by molar-refractivity contribution is -0.122. The minimum atomic E-state index is -0.196. The molecule has 20 heavy (non-hydrogen) atoms. The summed E-state index contributed by atoms with van der Waals surface area (Å²) in [6.45, 7) is 2.03. The van der Waals surface area contributed by atoms with Gasteiger partial charge in [-0.15, -0.1) is 0 Å². The van der Waals surface area contributed by atoms with E-state index in [1.807, 2.05) is 37.3 Å². The maximum absolute atomic E-state index is 11.9. The van der Waals surface area contributed by atoms with Crippen molar-refractivity contribution in [3.05, 3.63) is 48.7 Å². The third-order valence-corrected chi connectivity index (χ3v) is 3.02. The molecule has 3 aromatic rings. The lowest BCUT2D eigenvalue weighted by atomic mass is 10.2. The van der Waals surface area contributed by atoms with E-state index in [-0.39, 0.29) is 18.5 Å². The molecule has 0 saturated heterocycles. The van der Waals surface area contributed by atoms with Crippen molar-refractivity contribution in [2.45, 2.75) is 19.5 Å². The Morgan fingerprint density at radius 2 is 2.30 bits per heavy atom. The van der Waals surface area contributed by atoms with Crippen molar-refractivity contribution in [3.8, 4) is 0 Å². The predicted octanol–water partition coefficient (Wildman–Crippen LogP) is 1.90. The fourth-order valence-electron chi connectivity index (χ4n) is 2.04. The van der Waals surface area contributed by atoms with Crippen LogP contribution in [0.25, 0.3) is 11.0 Å². The first-order chi connectivity index (χ1) is 9.72. The number of para-hydroxylation sites is 1. The average Bonchev–Trinajstić information content (AvgIpc) is 3.06. The van der Waals surface area contributed by atoms with Gasteiger partial charge in [0.25, 0.3) is 0 Å². The number of hydrogen-bond donors (Lipinski definition) is 1. The Labute approximate surface area is 115 Å². The minimum absolute atomic E-state index is 0.136. The third kappa shape index (κ3) is 2.54. The monoisotopic (exact) mass is 270 g/mol. The zero-order chi connectivity index (χ0) is 13.9. The zero-order valence-electron chi connectivity index (χ0n) is 11.0. The highest BCUT2D eigenvalue weighted by atomic mass is 16.3. The largest absolute Gasteiger partial charge is 0.459 e. The Bertz CT molecular complexity index is 685. The second-order valence-corrected chi connectivity index (χ2v) is 4.57. The number of rotatable bonds is 4. The van der Waals surface area contributed by atoms with E-state index in [0.29, 0.717) is 0 Å². The molecule has 2 aromatic heterocycles. The summed E-state index contributed by atoms with van der Waals surface area (Å²) in [6, 6.07) is 9.50. The molecule has 0 saturated carbocycles. The van der Waals surface area contributed by atoms with Crippen LogP contribution < -0.4 is 5.32 Å². The maximum atomic E-state index is 11.9. The molecule has 6 heteroatoms. The maximum Gasteiger partial charge on any atom is 0.242 e. The van der Waals surface area contributed by atoms with Crippen LogP contribution in [0, 0.1) is 0 Å². The number of carbonyl (C=O) groups is 1. The molecule has 0 radical (unpaired) electrons. The van der Waals surface area contributed by atoms with E-state index in [0.717, 1.165) is 16.7 Å². The van der Waals surface area contributed by atoms with E-state index in [4.69, 9.17) is 4.42 Å². The molecule has 1 atom stereocenters. The number of benzene rings is 1. The van der Waals surface area contributed by atoms with Gasteiger partial charge in [0, 0.05) is 5.39 Å². The van der Waals surface area contributed by atoms with Gasteiger partial charge in [-0.25, -0.2) is 9.67 Å². The number of carbonyl (C=O) groups excluding carboxylic acids is 1. The Balaban J connectivity index is 1.69. The molecular formula is C14H14N4O2. The lowest BCUT2D eigenvalue weighted by Crippen LogP contribution is -2.30. The Hall–Kier alpha value is -2.63. The van der Waals surface area contributed by atoms with Crippen LogP contribution in [0.5, 0.6) is 0 Å². The first-order valence-electron chi connectivity index (χ1n) is 6.32. The topological polar surface area (TPSA) is 73.0 Å². The summed E-state index contributed by atoms with van der Waals surface area (Å²) in [7, 11) is 0. The molecule has 0 fully saturated rings. The van der Waals surface area contributed by atoms with E-state index in [9.17, 15) is 4.79 Å². The Morgan fingerprint density at radius 3 is 3.05 bits per heavy atom. The van der Waals surface area contributed by atoms with Gasteiger partial charge < -0.3 is 9.73 Å². The van der Waals surface area contributed by atoms with Gasteiger partial charge in [0.1, 0.15) is 30.5 Å². The van der Waals surface area contributed by atoms with Gasteiger partial charge in [0.05, 0.1) is 6.04 Å². The van der Waals surface area contributed by atoms with Gasteiger partial charge in [-0.3, -0.25) is 4.79 Å². The Kier molecular flexibility index (Phi) is 3.20. The molecular weight excluding hydrogens is 256 g/mol. The Morgan fingerprint density at radius 1 is 1.45 bits per heavy atom. The molecule has 6 nitrogen and oxygen atoms in total. The van der Waals surface area contributed by atoms with Gasteiger partial charge in [0.2, 0.25) is 5.91 Å². The highest BCUT2D eigenvalue weighted by Crippen LogP contribution is 2.23. The fraction of sp³-hybridized carbons (Fsp3) is 0.214. The molecule has 0 aliphatic carbocycles. The normalized spacial score (nSPS) is 12.4. The lowest BCUT2D eigenvalue weighted by Gasteiger charge is -2.11. The summed E-state index contributed by atoms with van der Waals surface area (Å²) in [5.74, 6) is 0.599. The molecule has 0 aliphatic rings. The first kappa shape index (κ1) is 12.4. The van der Waals surface area contributed by atoms with E-state index in [1.54, 1.807) is 0 Å². The predicted molar refractivity (Wildman–Crippen MR) is 72.8 cm³/mol.